The van der Waals surface area contributed by atoms with Crippen molar-refractivity contribution >= 4 is 17.3 Å². The molecule has 0 saturated carbocycles. The lowest BCUT2D eigenvalue weighted by Gasteiger charge is -1.94. The molecule has 3 nitrogen and oxygen atoms in total. The molecule has 1 radical (unpaired) electrons. The van der Waals surface area contributed by atoms with Crippen LogP contribution in [0.2, 0.25) is 0 Å². The van der Waals surface area contributed by atoms with E-state index in [4.69, 9.17) is 4.74 Å². The largest absolute Gasteiger partial charge is 0.462 e. The first-order valence-corrected chi connectivity index (χ1v) is 3.65. The first kappa shape index (κ1) is 7.21. The monoisotopic (exact) mass is 156 g/mol. The van der Waals surface area contributed by atoms with Crippen LogP contribution in [0.15, 0.2) is 6.20 Å². The average molecular weight is 156 g/mol. The van der Waals surface area contributed by atoms with Crippen molar-refractivity contribution < 1.29 is 9.53 Å². The summed E-state index contributed by atoms with van der Waals surface area (Å²) in [6.45, 7) is 2.17. The van der Waals surface area contributed by atoms with Crippen LogP contribution in [0.5, 0.6) is 0 Å². The summed E-state index contributed by atoms with van der Waals surface area (Å²) in [7, 11) is 0. The van der Waals surface area contributed by atoms with Crippen molar-refractivity contribution in [1.29, 1.82) is 0 Å². The van der Waals surface area contributed by atoms with Crippen molar-refractivity contribution in [1.82, 2.24) is 4.98 Å². The highest BCUT2D eigenvalue weighted by molar-refractivity contribution is 7.11. The van der Waals surface area contributed by atoms with Crippen LogP contribution in [0, 0.1) is 5.51 Å². The molecular weight excluding hydrogens is 150 g/mol. The fraction of sp³-hybridized carbons (Fsp3) is 0.333. The third-order valence-corrected chi connectivity index (χ3v) is 1.56. The molecule has 0 aromatic carbocycles. The Morgan fingerprint density at radius 2 is 2.80 bits per heavy atom. The Bertz CT molecular complexity index is 208. The number of carbonyl (C=O) groups is 1. The van der Waals surface area contributed by atoms with Crippen molar-refractivity contribution in [2.24, 2.45) is 0 Å². The van der Waals surface area contributed by atoms with E-state index in [9.17, 15) is 4.79 Å². The van der Waals surface area contributed by atoms with Crippen LogP contribution in [0.25, 0.3) is 0 Å². The molecule has 0 spiro atoms. The second-order valence-electron chi connectivity index (χ2n) is 1.54. The number of aromatic nitrogens is 1. The molecule has 4 heteroatoms. The normalized spacial score (nSPS) is 9.30. The number of thiazole rings is 1. The second-order valence-corrected chi connectivity index (χ2v) is 2.36. The van der Waals surface area contributed by atoms with Crippen LogP contribution < -0.4 is 0 Å². The molecule has 0 amide bonds. The molecule has 0 unspecified atom stereocenters. The lowest BCUT2D eigenvalue weighted by molar-refractivity contribution is 0.0532. The van der Waals surface area contributed by atoms with E-state index in [1.165, 1.54) is 6.20 Å². The van der Waals surface area contributed by atoms with Gasteiger partial charge in [0.05, 0.1) is 12.8 Å². The van der Waals surface area contributed by atoms with Gasteiger partial charge in [0.1, 0.15) is 4.88 Å². The molecule has 1 heterocycles. The van der Waals surface area contributed by atoms with Gasteiger partial charge in [0.15, 0.2) is 5.51 Å². The third-order valence-electron chi connectivity index (χ3n) is 0.867. The third kappa shape index (κ3) is 1.54. The molecule has 1 aromatic rings. The van der Waals surface area contributed by atoms with E-state index < -0.39 is 0 Å². The summed E-state index contributed by atoms with van der Waals surface area (Å²) in [4.78, 5) is 15.0. The number of esters is 1. The van der Waals surface area contributed by atoms with Crippen LogP contribution in [-0.4, -0.2) is 17.6 Å². The summed E-state index contributed by atoms with van der Waals surface area (Å²) in [6.07, 6.45) is 1.45. The summed E-state index contributed by atoms with van der Waals surface area (Å²) in [5.74, 6) is -0.318. The minimum absolute atomic E-state index is 0.318. The maximum absolute atomic E-state index is 10.8. The van der Waals surface area contributed by atoms with Gasteiger partial charge in [0, 0.05) is 0 Å². The van der Waals surface area contributed by atoms with E-state index >= 15 is 0 Å². The van der Waals surface area contributed by atoms with Gasteiger partial charge in [0.2, 0.25) is 0 Å². The van der Waals surface area contributed by atoms with E-state index in [2.05, 4.69) is 10.5 Å². The number of nitrogens with zero attached hydrogens (tertiary/aromatic N) is 1. The molecule has 10 heavy (non-hydrogen) atoms. The SMILES string of the molecule is CCOC(=O)c1cn[c]s1. The lowest BCUT2D eigenvalue weighted by atomic mass is 10.6. The molecular formula is C6H6NO2S. The van der Waals surface area contributed by atoms with Gasteiger partial charge in [-0.05, 0) is 6.92 Å². The van der Waals surface area contributed by atoms with Gasteiger partial charge in [0.25, 0.3) is 0 Å². The Kier molecular flexibility index (Phi) is 2.39. The fourth-order valence-corrected chi connectivity index (χ4v) is 0.935. The van der Waals surface area contributed by atoms with Gasteiger partial charge in [-0.25, -0.2) is 9.78 Å². The van der Waals surface area contributed by atoms with Gasteiger partial charge in [-0.15, -0.1) is 11.3 Å². The highest BCUT2D eigenvalue weighted by Gasteiger charge is 2.06. The highest BCUT2D eigenvalue weighted by Crippen LogP contribution is 2.05. The van der Waals surface area contributed by atoms with Crippen LogP contribution in [0.3, 0.4) is 0 Å². The first-order chi connectivity index (χ1) is 4.84. The van der Waals surface area contributed by atoms with Crippen LogP contribution in [0.1, 0.15) is 16.6 Å². The number of carbonyl (C=O) groups excluding carboxylic acids is 1. The van der Waals surface area contributed by atoms with Crippen LogP contribution in [0.4, 0.5) is 0 Å². The molecule has 1 aromatic heterocycles. The quantitative estimate of drug-likeness (QED) is 0.602. The summed E-state index contributed by atoms with van der Waals surface area (Å²) >= 11 is 1.16. The molecule has 0 bridgehead atoms. The fourth-order valence-electron chi connectivity index (χ4n) is 0.483. The Labute approximate surface area is 62.7 Å². The minimum Gasteiger partial charge on any atom is -0.462 e. The predicted molar refractivity (Wildman–Crippen MR) is 36.9 cm³/mol. The van der Waals surface area contributed by atoms with E-state index in [-0.39, 0.29) is 5.97 Å². The van der Waals surface area contributed by atoms with Gasteiger partial charge in [-0.2, -0.15) is 0 Å². The number of ether oxygens (including phenoxy) is 1. The van der Waals surface area contributed by atoms with Crippen molar-refractivity contribution in [2.45, 2.75) is 6.92 Å². The standard InChI is InChI=1S/C6H6NO2S/c1-2-9-6(8)5-3-7-4-10-5/h3H,2H2,1H3. The molecule has 0 aliphatic carbocycles. The minimum atomic E-state index is -0.318. The molecule has 1 rings (SSSR count). The molecule has 0 N–H and O–H groups in total. The predicted octanol–water partition coefficient (Wildman–Crippen LogP) is 1.12. The Hall–Kier alpha value is -0.900. The Morgan fingerprint density at radius 3 is 3.30 bits per heavy atom. The van der Waals surface area contributed by atoms with Crippen molar-refractivity contribution in [3.63, 3.8) is 0 Å². The first-order valence-electron chi connectivity index (χ1n) is 2.83. The number of hydrogen-bond donors (Lipinski definition) is 0. The van der Waals surface area contributed by atoms with E-state index in [0.717, 1.165) is 11.3 Å². The van der Waals surface area contributed by atoms with E-state index in [0.29, 0.717) is 11.5 Å². The zero-order valence-corrected chi connectivity index (χ0v) is 6.27. The van der Waals surface area contributed by atoms with Crippen molar-refractivity contribution in [2.75, 3.05) is 6.61 Å². The van der Waals surface area contributed by atoms with Crippen LogP contribution >= 0.6 is 11.3 Å². The number of rotatable bonds is 2. The Morgan fingerprint density at radius 1 is 2.00 bits per heavy atom. The molecule has 0 saturated heterocycles. The highest BCUT2D eigenvalue weighted by atomic mass is 32.1. The van der Waals surface area contributed by atoms with E-state index in [1.807, 2.05) is 0 Å². The Balaban J connectivity index is 2.59. The molecule has 0 atom stereocenters. The molecule has 0 aliphatic heterocycles. The maximum atomic E-state index is 10.8. The van der Waals surface area contributed by atoms with Crippen molar-refractivity contribution in [3.05, 3.63) is 16.6 Å². The number of hydrogen-bond acceptors (Lipinski definition) is 4. The summed E-state index contributed by atoms with van der Waals surface area (Å²) in [5.41, 5.74) is 2.56. The van der Waals surface area contributed by atoms with Gasteiger partial charge in [-0.3, -0.25) is 0 Å². The topological polar surface area (TPSA) is 39.2 Å². The van der Waals surface area contributed by atoms with Crippen molar-refractivity contribution in [3.8, 4) is 0 Å². The maximum Gasteiger partial charge on any atom is 0.349 e. The zero-order chi connectivity index (χ0) is 7.40. The smallest absolute Gasteiger partial charge is 0.349 e. The average Bonchev–Trinajstić information content (AvgIpc) is 2.38. The summed E-state index contributed by atoms with van der Waals surface area (Å²) in [5, 5.41) is 0. The van der Waals surface area contributed by atoms with Crippen LogP contribution in [-0.2, 0) is 4.74 Å². The van der Waals surface area contributed by atoms with Gasteiger partial charge < -0.3 is 4.74 Å². The molecule has 0 fully saturated rings. The van der Waals surface area contributed by atoms with Gasteiger partial charge >= 0.3 is 5.97 Å². The van der Waals surface area contributed by atoms with Gasteiger partial charge in [-0.1, -0.05) is 0 Å². The second kappa shape index (κ2) is 3.31. The molecule has 0 aliphatic rings. The van der Waals surface area contributed by atoms with E-state index in [1.54, 1.807) is 6.92 Å². The summed E-state index contributed by atoms with van der Waals surface area (Å²) in [6, 6.07) is 0. The zero-order valence-electron chi connectivity index (χ0n) is 5.46. The molecule has 53 valence electrons. The summed E-state index contributed by atoms with van der Waals surface area (Å²) < 4.78 is 4.70. The lowest BCUT2D eigenvalue weighted by Crippen LogP contribution is -2.01.